The molecule has 0 unspecified atom stereocenters. The van der Waals surface area contributed by atoms with E-state index >= 15 is 0 Å². The van der Waals surface area contributed by atoms with Crippen molar-refractivity contribution < 1.29 is 20.1 Å². The van der Waals surface area contributed by atoms with Crippen LogP contribution in [-0.2, 0) is 0 Å². The molecule has 4 N–H and O–H groups in total. The summed E-state index contributed by atoms with van der Waals surface area (Å²) < 4.78 is 0. The Hall–Kier alpha value is -4.06. The fourth-order valence-electron chi connectivity index (χ4n) is 2.74. The summed E-state index contributed by atoms with van der Waals surface area (Å²) in [6.07, 6.45) is 4.77. The minimum atomic E-state index is -0.362. The van der Waals surface area contributed by atoms with Crippen molar-refractivity contribution in [3.05, 3.63) is 88.5 Å². The second kappa shape index (κ2) is 8.75. The van der Waals surface area contributed by atoms with Crippen molar-refractivity contribution in [3.8, 4) is 17.2 Å². The minimum absolute atomic E-state index is 0.103. The van der Waals surface area contributed by atoms with Crippen LogP contribution >= 0.6 is 0 Å². The molecule has 3 aromatic carbocycles. The first-order valence-electron chi connectivity index (χ1n) is 8.86. The third kappa shape index (κ3) is 5.01. The summed E-state index contributed by atoms with van der Waals surface area (Å²) >= 11 is 0. The maximum absolute atomic E-state index is 12.3. The summed E-state index contributed by atoms with van der Waals surface area (Å²) in [6.45, 7) is 1.83. The van der Waals surface area contributed by atoms with Crippen LogP contribution in [0.4, 0.5) is 0 Å². The predicted octanol–water partition coefficient (Wildman–Crippen LogP) is 4.05. The topological polar surface area (TPSA) is 102 Å². The zero-order valence-corrected chi connectivity index (χ0v) is 15.7. The van der Waals surface area contributed by atoms with Gasteiger partial charge in [0, 0.05) is 17.2 Å². The maximum Gasteiger partial charge on any atom is 0.271 e. The molecule has 6 nitrogen and oxygen atoms in total. The van der Waals surface area contributed by atoms with E-state index in [4.69, 9.17) is 0 Å². The Kier molecular flexibility index (Phi) is 5.94. The quantitative estimate of drug-likeness (QED) is 0.301. The Balaban J connectivity index is 1.83. The summed E-state index contributed by atoms with van der Waals surface area (Å²) in [5.41, 5.74) is 5.43. The van der Waals surface area contributed by atoms with Gasteiger partial charge >= 0.3 is 0 Å². The predicted molar refractivity (Wildman–Crippen MR) is 113 cm³/mol. The molecule has 0 aliphatic carbocycles. The average Bonchev–Trinajstić information content (AvgIpc) is 2.69. The molecule has 6 heteroatoms. The van der Waals surface area contributed by atoms with Gasteiger partial charge in [0.1, 0.15) is 17.2 Å². The molecule has 0 radical (unpaired) electrons. The van der Waals surface area contributed by atoms with Crippen molar-refractivity contribution in [1.29, 1.82) is 0 Å². The van der Waals surface area contributed by atoms with E-state index in [9.17, 15) is 20.1 Å². The number of aromatic hydroxyl groups is 3. The highest BCUT2D eigenvalue weighted by molar-refractivity contribution is 5.97. The molecule has 0 saturated carbocycles. The first-order chi connectivity index (χ1) is 13.9. The number of benzene rings is 3. The molecule has 0 bridgehead atoms. The highest BCUT2D eigenvalue weighted by atomic mass is 16.3. The SMILES string of the molecule is Cc1ccccc1C(=O)N/N=C\c1c(O)cc(O)cc1/C=C/c1ccc(O)cc1. The molecule has 146 valence electrons. The molecule has 0 atom stereocenters. The van der Waals surface area contributed by atoms with Gasteiger partial charge in [-0.3, -0.25) is 4.79 Å². The molecule has 29 heavy (non-hydrogen) atoms. The Morgan fingerprint density at radius 3 is 2.38 bits per heavy atom. The molecule has 3 rings (SSSR count). The number of nitrogens with one attached hydrogen (secondary N) is 1. The smallest absolute Gasteiger partial charge is 0.271 e. The zero-order chi connectivity index (χ0) is 20.8. The number of nitrogens with zero attached hydrogens (tertiary/aromatic N) is 1. The van der Waals surface area contributed by atoms with Crippen molar-refractivity contribution in [2.45, 2.75) is 6.92 Å². The maximum atomic E-state index is 12.3. The number of rotatable bonds is 5. The van der Waals surface area contributed by atoms with Gasteiger partial charge in [-0.2, -0.15) is 5.10 Å². The molecule has 0 fully saturated rings. The van der Waals surface area contributed by atoms with Gasteiger partial charge in [0.05, 0.1) is 6.21 Å². The van der Waals surface area contributed by atoms with Crippen LogP contribution in [0.5, 0.6) is 17.2 Å². The molecule has 0 saturated heterocycles. The Morgan fingerprint density at radius 2 is 1.66 bits per heavy atom. The molecule has 0 aliphatic rings. The van der Waals surface area contributed by atoms with E-state index in [0.29, 0.717) is 16.7 Å². The first kappa shape index (κ1) is 19.7. The third-order valence-corrected chi connectivity index (χ3v) is 4.27. The van der Waals surface area contributed by atoms with Gasteiger partial charge in [-0.1, -0.05) is 42.5 Å². The van der Waals surface area contributed by atoms with Crippen LogP contribution in [0.25, 0.3) is 12.2 Å². The second-order valence-electron chi connectivity index (χ2n) is 6.41. The van der Waals surface area contributed by atoms with Crippen molar-refractivity contribution in [1.82, 2.24) is 5.43 Å². The van der Waals surface area contributed by atoms with Crippen LogP contribution in [0.1, 0.15) is 32.6 Å². The first-order valence-corrected chi connectivity index (χ1v) is 8.86. The number of amides is 1. The summed E-state index contributed by atoms with van der Waals surface area (Å²) in [5, 5.41) is 33.3. The molecule has 0 spiro atoms. The lowest BCUT2D eigenvalue weighted by Gasteiger charge is -2.06. The number of carbonyl (C=O) groups is 1. The van der Waals surface area contributed by atoms with E-state index < -0.39 is 0 Å². The zero-order valence-electron chi connectivity index (χ0n) is 15.7. The molecular formula is C23H20N2O4. The van der Waals surface area contributed by atoms with Gasteiger partial charge in [0.15, 0.2) is 0 Å². The van der Waals surface area contributed by atoms with Crippen LogP contribution in [0, 0.1) is 6.92 Å². The lowest BCUT2D eigenvalue weighted by molar-refractivity contribution is 0.0954. The van der Waals surface area contributed by atoms with Crippen molar-refractivity contribution in [2.75, 3.05) is 0 Å². The van der Waals surface area contributed by atoms with Gasteiger partial charge in [0.25, 0.3) is 5.91 Å². The second-order valence-corrected chi connectivity index (χ2v) is 6.41. The summed E-state index contributed by atoms with van der Waals surface area (Å²) in [6, 6.07) is 16.4. The van der Waals surface area contributed by atoms with E-state index in [1.807, 2.05) is 19.1 Å². The number of phenols is 3. The normalized spacial score (nSPS) is 11.2. The Labute approximate surface area is 168 Å². The van der Waals surface area contributed by atoms with Crippen molar-refractivity contribution in [2.24, 2.45) is 5.10 Å². The van der Waals surface area contributed by atoms with E-state index in [2.05, 4.69) is 10.5 Å². The molecule has 3 aromatic rings. The fourth-order valence-corrected chi connectivity index (χ4v) is 2.74. The molecule has 0 aromatic heterocycles. The summed E-state index contributed by atoms with van der Waals surface area (Å²) in [4.78, 5) is 12.3. The van der Waals surface area contributed by atoms with Crippen LogP contribution in [0.15, 0.2) is 65.8 Å². The lowest BCUT2D eigenvalue weighted by atomic mass is 10.0. The lowest BCUT2D eigenvalue weighted by Crippen LogP contribution is -2.18. The van der Waals surface area contributed by atoms with Crippen LogP contribution in [0.3, 0.4) is 0 Å². The minimum Gasteiger partial charge on any atom is -0.508 e. The number of hydrogen-bond acceptors (Lipinski definition) is 5. The fraction of sp³-hybridized carbons (Fsp3) is 0.0435. The van der Waals surface area contributed by atoms with E-state index in [1.165, 1.54) is 18.3 Å². The van der Waals surface area contributed by atoms with E-state index in [0.717, 1.165) is 11.1 Å². The van der Waals surface area contributed by atoms with Gasteiger partial charge < -0.3 is 15.3 Å². The number of hydrazone groups is 1. The van der Waals surface area contributed by atoms with Gasteiger partial charge in [0.2, 0.25) is 0 Å². The molecule has 0 aliphatic heterocycles. The highest BCUT2D eigenvalue weighted by Crippen LogP contribution is 2.27. The number of hydrogen-bond donors (Lipinski definition) is 4. The molecular weight excluding hydrogens is 368 g/mol. The molecule has 0 heterocycles. The highest BCUT2D eigenvalue weighted by Gasteiger charge is 2.09. The van der Waals surface area contributed by atoms with Crippen LogP contribution < -0.4 is 5.43 Å². The van der Waals surface area contributed by atoms with Crippen LogP contribution in [0.2, 0.25) is 0 Å². The van der Waals surface area contributed by atoms with E-state index in [-0.39, 0.29) is 23.2 Å². The van der Waals surface area contributed by atoms with Gasteiger partial charge in [-0.15, -0.1) is 0 Å². The average molecular weight is 388 g/mol. The number of carbonyl (C=O) groups excluding carboxylic acids is 1. The van der Waals surface area contributed by atoms with E-state index in [1.54, 1.807) is 48.6 Å². The number of aryl methyl sites for hydroxylation is 1. The number of phenolic OH excluding ortho intramolecular Hbond substituents is 3. The molecule has 1 amide bonds. The van der Waals surface area contributed by atoms with Crippen LogP contribution in [-0.4, -0.2) is 27.4 Å². The van der Waals surface area contributed by atoms with Gasteiger partial charge in [-0.05, 0) is 47.9 Å². The summed E-state index contributed by atoms with van der Waals surface area (Å²) in [5.74, 6) is -0.480. The monoisotopic (exact) mass is 388 g/mol. The van der Waals surface area contributed by atoms with Crippen molar-refractivity contribution in [3.63, 3.8) is 0 Å². The Morgan fingerprint density at radius 1 is 0.931 bits per heavy atom. The largest absolute Gasteiger partial charge is 0.508 e. The summed E-state index contributed by atoms with van der Waals surface area (Å²) in [7, 11) is 0. The Bertz CT molecular complexity index is 1090. The standard InChI is InChI=1S/C23H20N2O4/c1-15-4-2-3-5-20(15)23(29)25-24-14-21-17(12-19(27)13-22(21)28)9-6-16-7-10-18(26)11-8-16/h2-14,26-28H,1H3,(H,25,29)/b9-6+,24-14-. The third-order valence-electron chi connectivity index (χ3n) is 4.27. The van der Waals surface area contributed by atoms with Gasteiger partial charge in [-0.25, -0.2) is 5.43 Å². The van der Waals surface area contributed by atoms with Crippen molar-refractivity contribution >= 4 is 24.3 Å².